The molecule has 39 heavy (non-hydrogen) atoms. The molecule has 2 aliphatic rings. The van der Waals surface area contributed by atoms with Crippen LogP contribution in [0.1, 0.15) is 136 Å². The van der Waals surface area contributed by atoms with Gasteiger partial charge in [-0.3, -0.25) is 4.99 Å². The Morgan fingerprint density at radius 3 is 1.82 bits per heavy atom. The number of hydrogen-bond donors (Lipinski definition) is 1. The first kappa shape index (κ1) is 30.1. The maximum atomic E-state index is 5.70. The van der Waals surface area contributed by atoms with E-state index in [1.807, 2.05) is 0 Å². The van der Waals surface area contributed by atoms with Crippen LogP contribution in [0.4, 0.5) is 5.69 Å². The van der Waals surface area contributed by atoms with E-state index in [1.54, 1.807) is 0 Å². The fourth-order valence-corrected chi connectivity index (χ4v) is 8.84. The van der Waals surface area contributed by atoms with E-state index >= 15 is 0 Å². The first-order valence-electron chi connectivity index (χ1n) is 15.8. The van der Waals surface area contributed by atoms with E-state index in [2.05, 4.69) is 107 Å². The van der Waals surface area contributed by atoms with Crippen LogP contribution in [0.2, 0.25) is 0 Å². The molecule has 0 radical (unpaired) electrons. The number of anilines is 1. The molecule has 0 aromatic heterocycles. The lowest BCUT2D eigenvalue weighted by atomic mass is 9.90. The van der Waals surface area contributed by atoms with E-state index in [-0.39, 0.29) is 5.41 Å². The topological polar surface area (TPSA) is 27.6 Å². The second-order valence-corrected chi connectivity index (χ2v) is 15.3. The molecule has 0 spiro atoms. The number of para-hydroxylation sites is 1. The second-order valence-electron chi connectivity index (χ2n) is 13.5. The molecular formula is C35H54N3P. The van der Waals surface area contributed by atoms with Crippen LogP contribution in [-0.2, 0) is 0 Å². The molecule has 2 aliphatic carbocycles. The lowest BCUT2D eigenvalue weighted by Crippen LogP contribution is -2.47. The van der Waals surface area contributed by atoms with Gasteiger partial charge in [0.1, 0.15) is 14.1 Å². The van der Waals surface area contributed by atoms with Gasteiger partial charge in [-0.1, -0.05) is 136 Å². The number of hydrogen-bond acceptors (Lipinski definition) is 2. The summed E-state index contributed by atoms with van der Waals surface area (Å²) in [7, 11) is -0.878. The molecule has 0 amide bonds. The predicted octanol–water partition coefficient (Wildman–Crippen LogP) is 10.4. The SMILES string of the molecule is CC(C)c1cccc(C(C)C)c1N[P@@](c1ccccc1)N(C(=NC1CCCCC1)C(C)(C)C)C1CCCCC1. The Bertz CT molecular complexity index is 1030. The molecule has 3 nitrogen and oxygen atoms in total. The van der Waals surface area contributed by atoms with Crippen molar-refractivity contribution in [1.82, 2.24) is 4.67 Å². The normalized spacial score (nSPS) is 18.9. The summed E-state index contributed by atoms with van der Waals surface area (Å²) in [5.41, 5.74) is 4.18. The third-order valence-electron chi connectivity index (χ3n) is 8.49. The van der Waals surface area contributed by atoms with Crippen molar-refractivity contribution in [2.24, 2.45) is 10.4 Å². The van der Waals surface area contributed by atoms with Gasteiger partial charge in [0, 0.05) is 22.4 Å². The summed E-state index contributed by atoms with van der Waals surface area (Å²) in [5.74, 6) is 2.25. The summed E-state index contributed by atoms with van der Waals surface area (Å²) in [6.45, 7) is 16.5. The van der Waals surface area contributed by atoms with Crippen molar-refractivity contribution in [3.8, 4) is 0 Å². The van der Waals surface area contributed by atoms with Gasteiger partial charge in [-0.2, -0.15) is 0 Å². The van der Waals surface area contributed by atoms with Crippen LogP contribution in [0.15, 0.2) is 53.5 Å². The minimum Gasteiger partial charge on any atom is -0.344 e. The number of benzene rings is 2. The van der Waals surface area contributed by atoms with Gasteiger partial charge >= 0.3 is 0 Å². The van der Waals surface area contributed by atoms with Gasteiger partial charge < -0.3 is 9.76 Å². The van der Waals surface area contributed by atoms with Crippen molar-refractivity contribution >= 4 is 25.1 Å². The molecule has 2 fully saturated rings. The van der Waals surface area contributed by atoms with Crippen LogP contribution in [0.3, 0.4) is 0 Å². The minimum absolute atomic E-state index is 0.0234. The highest BCUT2D eigenvalue weighted by Gasteiger charge is 2.38. The second kappa shape index (κ2) is 13.7. The Kier molecular flexibility index (Phi) is 10.6. The summed E-state index contributed by atoms with van der Waals surface area (Å²) in [4.78, 5) is 5.70. The zero-order valence-electron chi connectivity index (χ0n) is 25.8. The van der Waals surface area contributed by atoms with Crippen molar-refractivity contribution in [2.75, 3.05) is 5.09 Å². The first-order valence-corrected chi connectivity index (χ1v) is 17.1. The molecule has 2 aromatic rings. The smallest absolute Gasteiger partial charge is 0.127 e. The van der Waals surface area contributed by atoms with E-state index in [1.165, 1.54) is 92.2 Å². The molecule has 0 aliphatic heterocycles. The van der Waals surface area contributed by atoms with Crippen LogP contribution in [0.25, 0.3) is 0 Å². The minimum atomic E-state index is -0.878. The number of aliphatic imine (C=N–C) groups is 1. The molecule has 0 heterocycles. The first-order chi connectivity index (χ1) is 18.7. The number of nitrogens with one attached hydrogen (secondary N) is 1. The third kappa shape index (κ3) is 7.66. The van der Waals surface area contributed by atoms with Gasteiger partial charge in [-0.05, 0) is 48.6 Å². The Balaban J connectivity index is 1.90. The third-order valence-corrected chi connectivity index (χ3v) is 10.7. The fraction of sp³-hybridized carbons (Fsp3) is 0.629. The van der Waals surface area contributed by atoms with Crippen LogP contribution >= 0.6 is 8.22 Å². The number of amidine groups is 1. The van der Waals surface area contributed by atoms with Crippen molar-refractivity contribution in [2.45, 2.75) is 137 Å². The predicted molar refractivity (Wildman–Crippen MR) is 174 cm³/mol. The number of nitrogens with zero attached hydrogens (tertiary/aromatic N) is 2. The van der Waals surface area contributed by atoms with Gasteiger partial charge in [0.2, 0.25) is 0 Å². The quantitative estimate of drug-likeness (QED) is 0.202. The van der Waals surface area contributed by atoms with Gasteiger partial charge in [-0.15, -0.1) is 0 Å². The van der Waals surface area contributed by atoms with Crippen LogP contribution in [0.5, 0.6) is 0 Å². The summed E-state index contributed by atoms with van der Waals surface area (Å²) >= 11 is 0. The average molecular weight is 548 g/mol. The van der Waals surface area contributed by atoms with Crippen LogP contribution < -0.4 is 10.4 Å². The Morgan fingerprint density at radius 2 is 1.31 bits per heavy atom. The summed E-state index contributed by atoms with van der Waals surface area (Å²) in [6, 6.07) is 19.2. The van der Waals surface area contributed by atoms with Gasteiger partial charge in [0.15, 0.2) is 0 Å². The highest BCUT2D eigenvalue weighted by molar-refractivity contribution is 7.65. The summed E-state index contributed by atoms with van der Waals surface area (Å²) < 4.78 is 2.83. The number of rotatable bonds is 8. The molecule has 4 rings (SSSR count). The molecule has 1 atom stereocenters. The van der Waals surface area contributed by atoms with E-state index < -0.39 is 8.22 Å². The molecule has 4 heteroatoms. The largest absolute Gasteiger partial charge is 0.344 e. The zero-order chi connectivity index (χ0) is 28.0. The Labute approximate surface area is 241 Å². The summed E-state index contributed by atoms with van der Waals surface area (Å²) in [5, 5.41) is 5.69. The van der Waals surface area contributed by atoms with Crippen molar-refractivity contribution in [3.05, 3.63) is 59.7 Å². The lowest BCUT2D eigenvalue weighted by Gasteiger charge is -2.46. The molecule has 0 unspecified atom stereocenters. The molecule has 2 aromatic carbocycles. The van der Waals surface area contributed by atoms with Gasteiger partial charge in [-0.25, -0.2) is 0 Å². The zero-order valence-corrected chi connectivity index (χ0v) is 26.7. The lowest BCUT2D eigenvalue weighted by molar-refractivity contribution is 0.316. The summed E-state index contributed by atoms with van der Waals surface area (Å²) in [6.07, 6.45) is 13.0. The van der Waals surface area contributed by atoms with E-state index in [0.717, 1.165) is 0 Å². The molecule has 2 saturated carbocycles. The maximum absolute atomic E-state index is 5.70. The van der Waals surface area contributed by atoms with Gasteiger partial charge in [0.05, 0.1) is 6.04 Å². The van der Waals surface area contributed by atoms with Gasteiger partial charge in [0.25, 0.3) is 0 Å². The Hall–Kier alpha value is -1.86. The highest BCUT2D eigenvalue weighted by Crippen LogP contribution is 2.49. The molecular weight excluding hydrogens is 493 g/mol. The van der Waals surface area contributed by atoms with Crippen molar-refractivity contribution in [1.29, 1.82) is 0 Å². The fourth-order valence-electron chi connectivity index (χ4n) is 6.33. The van der Waals surface area contributed by atoms with Crippen molar-refractivity contribution in [3.63, 3.8) is 0 Å². The molecule has 0 bridgehead atoms. The molecule has 214 valence electrons. The standard InChI is InChI=1S/C35H54N3P/c1-26(2)31-24-17-25-32(27(3)4)33(31)37-39(30-22-15-10-16-23-30)38(29-20-13-9-14-21-29)34(35(5,6)7)36-28-18-11-8-12-19-28/h10,15-17,22-29,37H,8-9,11-14,18-21H2,1-7H3/t39-/m1/s1. The molecule has 1 N–H and O–H groups in total. The Morgan fingerprint density at radius 1 is 0.769 bits per heavy atom. The molecule has 0 saturated heterocycles. The monoisotopic (exact) mass is 547 g/mol. The average Bonchev–Trinajstić information content (AvgIpc) is 2.93. The van der Waals surface area contributed by atoms with Crippen LogP contribution in [-0.4, -0.2) is 22.6 Å². The van der Waals surface area contributed by atoms with Crippen LogP contribution in [0, 0.1) is 5.41 Å². The highest BCUT2D eigenvalue weighted by atomic mass is 31.1. The van der Waals surface area contributed by atoms with E-state index in [9.17, 15) is 0 Å². The van der Waals surface area contributed by atoms with Crippen molar-refractivity contribution < 1.29 is 0 Å². The van der Waals surface area contributed by atoms with E-state index in [0.29, 0.717) is 23.9 Å². The maximum Gasteiger partial charge on any atom is 0.127 e. The van der Waals surface area contributed by atoms with E-state index in [4.69, 9.17) is 4.99 Å².